The Hall–Kier alpha value is -0.650. The molecule has 1 rings (SSSR count). The average molecular weight is 203 g/mol. The lowest BCUT2D eigenvalue weighted by Gasteiger charge is -2.42. The maximum absolute atomic E-state index is 11.6. The molecular formula is C9H17NO4. The molecule has 0 aromatic carbocycles. The topological polar surface area (TPSA) is 78.8 Å². The highest BCUT2D eigenvalue weighted by atomic mass is 16.6. The molecule has 0 aromatic rings. The average Bonchev–Trinajstić information content (AvgIpc) is 1.76. The Morgan fingerprint density at radius 3 is 2.14 bits per heavy atom. The smallest absolute Gasteiger partial charge is 0.320 e. The predicted octanol–water partition coefficient (Wildman–Crippen LogP) is -0.772. The SMILES string of the molecule is CC(C)(C)OC(=O)C1(C(O)O)CNC1. The van der Waals surface area contributed by atoms with E-state index in [-0.39, 0.29) is 13.1 Å². The van der Waals surface area contributed by atoms with Gasteiger partial charge in [0.15, 0.2) is 6.29 Å². The number of rotatable bonds is 2. The molecule has 14 heavy (non-hydrogen) atoms. The first-order valence-electron chi connectivity index (χ1n) is 4.58. The van der Waals surface area contributed by atoms with Crippen LogP contribution in [0.4, 0.5) is 0 Å². The summed E-state index contributed by atoms with van der Waals surface area (Å²) in [5.41, 5.74) is -1.78. The fourth-order valence-corrected chi connectivity index (χ4v) is 1.21. The van der Waals surface area contributed by atoms with Gasteiger partial charge in [-0.05, 0) is 20.8 Å². The molecule has 1 saturated heterocycles. The molecule has 1 fully saturated rings. The van der Waals surface area contributed by atoms with E-state index >= 15 is 0 Å². The third-order valence-electron chi connectivity index (χ3n) is 2.18. The Labute approximate surface area is 83.1 Å². The molecule has 5 nitrogen and oxygen atoms in total. The van der Waals surface area contributed by atoms with E-state index in [0.29, 0.717) is 0 Å². The van der Waals surface area contributed by atoms with Gasteiger partial charge < -0.3 is 20.3 Å². The van der Waals surface area contributed by atoms with Crippen molar-refractivity contribution in [3.8, 4) is 0 Å². The molecule has 0 unspecified atom stereocenters. The van der Waals surface area contributed by atoms with Crippen molar-refractivity contribution in [2.75, 3.05) is 13.1 Å². The summed E-state index contributed by atoms with van der Waals surface area (Å²) in [6.07, 6.45) is -1.67. The zero-order chi connectivity index (χ0) is 11.0. The molecule has 0 bridgehead atoms. The van der Waals surface area contributed by atoms with Gasteiger partial charge in [-0.3, -0.25) is 4.79 Å². The Bertz CT molecular complexity index is 227. The molecule has 5 heteroatoms. The van der Waals surface area contributed by atoms with E-state index in [1.54, 1.807) is 20.8 Å². The molecular weight excluding hydrogens is 186 g/mol. The quantitative estimate of drug-likeness (QED) is 0.405. The molecule has 0 atom stereocenters. The van der Waals surface area contributed by atoms with Gasteiger partial charge in [0, 0.05) is 13.1 Å². The van der Waals surface area contributed by atoms with Crippen LogP contribution in [0.3, 0.4) is 0 Å². The normalized spacial score (nSPS) is 20.4. The Kier molecular flexibility index (Phi) is 2.85. The summed E-state index contributed by atoms with van der Waals surface area (Å²) in [5.74, 6) is -0.557. The summed E-state index contributed by atoms with van der Waals surface area (Å²) in [7, 11) is 0. The van der Waals surface area contributed by atoms with Crippen molar-refractivity contribution in [1.29, 1.82) is 0 Å². The first-order valence-corrected chi connectivity index (χ1v) is 4.58. The Balaban J connectivity index is 2.67. The van der Waals surface area contributed by atoms with Gasteiger partial charge in [0.1, 0.15) is 11.0 Å². The van der Waals surface area contributed by atoms with Crippen LogP contribution >= 0.6 is 0 Å². The number of nitrogens with one attached hydrogen (secondary N) is 1. The van der Waals surface area contributed by atoms with Crippen LogP contribution in [0.15, 0.2) is 0 Å². The lowest BCUT2D eigenvalue weighted by atomic mass is 9.81. The fourth-order valence-electron chi connectivity index (χ4n) is 1.21. The Morgan fingerprint density at radius 2 is 1.93 bits per heavy atom. The van der Waals surface area contributed by atoms with Crippen LogP contribution in [0, 0.1) is 5.41 Å². The summed E-state index contributed by atoms with van der Waals surface area (Å²) in [6.45, 7) is 5.73. The van der Waals surface area contributed by atoms with Crippen LogP contribution in [-0.4, -0.2) is 41.2 Å². The zero-order valence-electron chi connectivity index (χ0n) is 8.70. The summed E-state index contributed by atoms with van der Waals surface area (Å²) in [6, 6.07) is 0. The van der Waals surface area contributed by atoms with E-state index in [1.807, 2.05) is 0 Å². The van der Waals surface area contributed by atoms with Crippen molar-refractivity contribution in [2.24, 2.45) is 5.41 Å². The van der Waals surface area contributed by atoms with Crippen LogP contribution in [-0.2, 0) is 9.53 Å². The van der Waals surface area contributed by atoms with Gasteiger partial charge in [0.2, 0.25) is 0 Å². The van der Waals surface area contributed by atoms with E-state index in [1.165, 1.54) is 0 Å². The van der Waals surface area contributed by atoms with Gasteiger partial charge in [-0.25, -0.2) is 0 Å². The number of carbonyl (C=O) groups excluding carboxylic acids is 1. The Morgan fingerprint density at radius 1 is 1.43 bits per heavy atom. The molecule has 1 aliphatic heterocycles. The minimum Gasteiger partial charge on any atom is -0.459 e. The van der Waals surface area contributed by atoms with Gasteiger partial charge in [-0.2, -0.15) is 0 Å². The molecule has 1 aliphatic rings. The van der Waals surface area contributed by atoms with Crippen molar-refractivity contribution in [2.45, 2.75) is 32.7 Å². The fraction of sp³-hybridized carbons (Fsp3) is 0.889. The monoisotopic (exact) mass is 203 g/mol. The maximum atomic E-state index is 11.6. The van der Waals surface area contributed by atoms with Crippen LogP contribution in [0.1, 0.15) is 20.8 Å². The third-order valence-corrected chi connectivity index (χ3v) is 2.18. The largest absolute Gasteiger partial charge is 0.459 e. The van der Waals surface area contributed by atoms with Crippen LogP contribution < -0.4 is 5.32 Å². The van der Waals surface area contributed by atoms with Crippen LogP contribution in [0.2, 0.25) is 0 Å². The van der Waals surface area contributed by atoms with Crippen LogP contribution in [0.25, 0.3) is 0 Å². The molecule has 0 aliphatic carbocycles. The minimum absolute atomic E-state index is 0.250. The second-order valence-corrected chi connectivity index (χ2v) is 4.64. The predicted molar refractivity (Wildman–Crippen MR) is 49.4 cm³/mol. The zero-order valence-corrected chi connectivity index (χ0v) is 8.70. The van der Waals surface area contributed by atoms with Crippen molar-refractivity contribution < 1.29 is 19.7 Å². The number of ether oxygens (including phenoxy) is 1. The molecule has 0 aromatic heterocycles. The van der Waals surface area contributed by atoms with Gasteiger partial charge in [-0.15, -0.1) is 0 Å². The third kappa shape index (κ3) is 2.05. The number of aliphatic hydroxyl groups is 2. The molecule has 0 saturated carbocycles. The summed E-state index contributed by atoms with van der Waals surface area (Å²) >= 11 is 0. The molecule has 3 N–H and O–H groups in total. The van der Waals surface area contributed by atoms with E-state index in [0.717, 1.165) is 0 Å². The molecule has 82 valence electrons. The van der Waals surface area contributed by atoms with Gasteiger partial charge >= 0.3 is 5.97 Å². The number of carbonyl (C=O) groups is 1. The summed E-state index contributed by atoms with van der Waals surface area (Å²) in [5, 5.41) is 21.0. The van der Waals surface area contributed by atoms with Gasteiger partial charge in [0.05, 0.1) is 0 Å². The number of hydrogen-bond donors (Lipinski definition) is 3. The number of hydrogen-bond acceptors (Lipinski definition) is 5. The number of esters is 1. The number of aliphatic hydroxyl groups excluding tert-OH is 1. The highest BCUT2D eigenvalue weighted by Crippen LogP contribution is 2.29. The van der Waals surface area contributed by atoms with E-state index in [9.17, 15) is 4.79 Å². The molecule has 0 amide bonds. The second kappa shape index (κ2) is 3.49. The van der Waals surface area contributed by atoms with Crippen molar-refractivity contribution in [3.63, 3.8) is 0 Å². The summed E-state index contributed by atoms with van der Waals surface area (Å²) < 4.78 is 5.11. The van der Waals surface area contributed by atoms with E-state index in [2.05, 4.69) is 5.32 Å². The first kappa shape index (κ1) is 11.4. The standard InChI is InChI=1S/C9H17NO4/c1-8(2,3)14-7(13)9(6(11)12)4-10-5-9/h6,10-12H,4-5H2,1-3H3. The van der Waals surface area contributed by atoms with Crippen molar-refractivity contribution >= 4 is 5.97 Å². The molecule has 0 spiro atoms. The van der Waals surface area contributed by atoms with E-state index < -0.39 is 23.3 Å². The van der Waals surface area contributed by atoms with Crippen LogP contribution in [0.5, 0.6) is 0 Å². The van der Waals surface area contributed by atoms with Crippen molar-refractivity contribution in [1.82, 2.24) is 5.32 Å². The minimum atomic E-state index is -1.67. The second-order valence-electron chi connectivity index (χ2n) is 4.64. The highest BCUT2D eigenvalue weighted by molar-refractivity contribution is 5.79. The molecule has 1 heterocycles. The van der Waals surface area contributed by atoms with E-state index in [4.69, 9.17) is 14.9 Å². The lowest BCUT2D eigenvalue weighted by molar-refractivity contribution is -0.205. The van der Waals surface area contributed by atoms with Gasteiger partial charge in [0.25, 0.3) is 0 Å². The first-order chi connectivity index (χ1) is 6.28. The molecule has 0 radical (unpaired) electrons. The van der Waals surface area contributed by atoms with Gasteiger partial charge in [-0.1, -0.05) is 0 Å². The van der Waals surface area contributed by atoms with Crippen molar-refractivity contribution in [3.05, 3.63) is 0 Å². The lowest BCUT2D eigenvalue weighted by Crippen LogP contribution is -2.65. The summed E-state index contributed by atoms with van der Waals surface area (Å²) in [4.78, 5) is 11.6. The highest BCUT2D eigenvalue weighted by Gasteiger charge is 2.52. The maximum Gasteiger partial charge on any atom is 0.320 e.